The van der Waals surface area contributed by atoms with Gasteiger partial charge in [0.25, 0.3) is 0 Å². The summed E-state index contributed by atoms with van der Waals surface area (Å²) in [7, 11) is 0. The van der Waals surface area contributed by atoms with Crippen LogP contribution in [0.4, 0.5) is 10.2 Å². The Kier molecular flexibility index (Phi) is 3.16. The molecule has 0 bridgehead atoms. The topological polar surface area (TPSA) is 43.8 Å². The lowest BCUT2D eigenvalue weighted by Crippen LogP contribution is -2.07. The van der Waals surface area contributed by atoms with E-state index in [4.69, 9.17) is 17.3 Å². The van der Waals surface area contributed by atoms with Gasteiger partial charge in [-0.1, -0.05) is 17.7 Å². The Labute approximate surface area is 105 Å². The molecule has 2 rings (SSSR count). The minimum absolute atomic E-state index is 0.278. The molecule has 0 amide bonds. The number of halogens is 3. The lowest BCUT2D eigenvalue weighted by molar-refractivity contribution is 0.587. The number of anilines is 1. The second-order valence-electron chi connectivity index (χ2n) is 3.27. The van der Waals surface area contributed by atoms with E-state index in [1.165, 1.54) is 10.7 Å². The van der Waals surface area contributed by atoms with Crippen molar-refractivity contribution < 1.29 is 4.39 Å². The predicted octanol–water partition coefficient (Wildman–Crippen LogP) is 3.07. The summed E-state index contributed by atoms with van der Waals surface area (Å²) in [6.45, 7) is 0.278. The minimum Gasteiger partial charge on any atom is -0.383 e. The first-order valence-electron chi connectivity index (χ1n) is 4.48. The van der Waals surface area contributed by atoms with Gasteiger partial charge in [-0.2, -0.15) is 5.10 Å². The van der Waals surface area contributed by atoms with Gasteiger partial charge in [0.1, 0.15) is 11.6 Å². The van der Waals surface area contributed by atoms with Crippen molar-refractivity contribution in [2.45, 2.75) is 6.54 Å². The summed E-state index contributed by atoms with van der Waals surface area (Å²) in [6, 6.07) is 4.52. The van der Waals surface area contributed by atoms with Gasteiger partial charge in [0.15, 0.2) is 0 Å². The smallest absolute Gasteiger partial charge is 0.136 e. The normalized spacial score (nSPS) is 10.7. The monoisotopic (exact) mass is 303 g/mol. The fourth-order valence-corrected chi connectivity index (χ4v) is 1.76. The van der Waals surface area contributed by atoms with Gasteiger partial charge in [-0.25, -0.2) is 9.07 Å². The molecule has 6 heteroatoms. The van der Waals surface area contributed by atoms with Gasteiger partial charge in [-0.05, 0) is 28.1 Å². The summed E-state index contributed by atoms with van der Waals surface area (Å²) in [5.74, 6) is 0.105. The van der Waals surface area contributed by atoms with E-state index in [-0.39, 0.29) is 12.4 Å². The molecular weight excluding hydrogens is 296 g/mol. The molecule has 0 aliphatic rings. The maximum Gasteiger partial charge on any atom is 0.136 e. The van der Waals surface area contributed by atoms with Crippen LogP contribution >= 0.6 is 27.5 Å². The van der Waals surface area contributed by atoms with Crippen LogP contribution in [0.3, 0.4) is 0 Å². The van der Waals surface area contributed by atoms with Crippen molar-refractivity contribution in [1.29, 1.82) is 0 Å². The van der Waals surface area contributed by atoms with E-state index in [2.05, 4.69) is 21.0 Å². The molecule has 0 fully saturated rings. The highest BCUT2D eigenvalue weighted by atomic mass is 79.9. The van der Waals surface area contributed by atoms with E-state index in [9.17, 15) is 4.39 Å². The van der Waals surface area contributed by atoms with E-state index < -0.39 is 0 Å². The van der Waals surface area contributed by atoms with Crippen molar-refractivity contribution in [3.63, 3.8) is 0 Å². The van der Waals surface area contributed by atoms with Crippen LogP contribution in [0.15, 0.2) is 28.9 Å². The first-order valence-corrected chi connectivity index (χ1v) is 5.65. The molecule has 3 nitrogen and oxygen atoms in total. The zero-order valence-electron chi connectivity index (χ0n) is 8.12. The summed E-state index contributed by atoms with van der Waals surface area (Å²) in [6.07, 6.45) is 1.57. The summed E-state index contributed by atoms with van der Waals surface area (Å²) in [5.41, 5.74) is 6.23. The lowest BCUT2D eigenvalue weighted by atomic mass is 10.2. The Morgan fingerprint density at radius 1 is 1.50 bits per heavy atom. The van der Waals surface area contributed by atoms with Gasteiger partial charge >= 0.3 is 0 Å². The number of nitrogen functional groups attached to an aromatic ring is 1. The standard InChI is InChI=1S/C10H8BrClFN3/c11-8-4-15-16(10(8)14)5-6-1-2-7(12)3-9(6)13/h1-4H,5,14H2. The van der Waals surface area contributed by atoms with Crippen molar-refractivity contribution >= 4 is 33.3 Å². The summed E-state index contributed by atoms with van der Waals surface area (Å²) >= 11 is 8.90. The Bertz CT molecular complexity index is 527. The van der Waals surface area contributed by atoms with Gasteiger partial charge < -0.3 is 5.73 Å². The van der Waals surface area contributed by atoms with Crippen molar-refractivity contribution in [2.24, 2.45) is 0 Å². The number of hydrogen-bond acceptors (Lipinski definition) is 2. The average Bonchev–Trinajstić information content (AvgIpc) is 2.54. The fourth-order valence-electron chi connectivity index (χ4n) is 1.31. The number of nitrogens with zero attached hydrogens (tertiary/aromatic N) is 2. The molecule has 0 saturated carbocycles. The van der Waals surface area contributed by atoms with Crippen LogP contribution in [-0.2, 0) is 6.54 Å². The number of rotatable bonds is 2. The van der Waals surface area contributed by atoms with Gasteiger partial charge in [0.2, 0.25) is 0 Å². The van der Waals surface area contributed by atoms with E-state index in [0.29, 0.717) is 20.9 Å². The molecule has 16 heavy (non-hydrogen) atoms. The van der Waals surface area contributed by atoms with Crippen LogP contribution in [0.5, 0.6) is 0 Å². The molecule has 2 N–H and O–H groups in total. The van der Waals surface area contributed by atoms with Crippen LogP contribution in [0, 0.1) is 5.82 Å². The van der Waals surface area contributed by atoms with E-state index in [1.807, 2.05) is 0 Å². The Morgan fingerprint density at radius 3 is 2.81 bits per heavy atom. The molecule has 0 atom stereocenters. The number of nitrogens with two attached hydrogens (primary N) is 1. The SMILES string of the molecule is Nc1c(Br)cnn1Cc1ccc(Cl)cc1F. The molecule has 1 aromatic carbocycles. The van der Waals surface area contributed by atoms with Gasteiger partial charge in [0.05, 0.1) is 17.2 Å². The highest BCUT2D eigenvalue weighted by Gasteiger charge is 2.08. The maximum absolute atomic E-state index is 13.5. The molecule has 0 spiro atoms. The molecule has 0 radical (unpaired) electrons. The number of hydrogen-bond donors (Lipinski definition) is 1. The largest absolute Gasteiger partial charge is 0.383 e. The maximum atomic E-state index is 13.5. The van der Waals surface area contributed by atoms with Crippen molar-refractivity contribution in [1.82, 2.24) is 9.78 Å². The third-order valence-corrected chi connectivity index (χ3v) is 3.01. The number of aromatic nitrogens is 2. The first-order chi connectivity index (χ1) is 7.58. The second-order valence-corrected chi connectivity index (χ2v) is 4.56. The van der Waals surface area contributed by atoms with Crippen LogP contribution in [-0.4, -0.2) is 9.78 Å². The fraction of sp³-hybridized carbons (Fsp3) is 0.100. The van der Waals surface area contributed by atoms with Crippen LogP contribution < -0.4 is 5.73 Å². The molecule has 1 heterocycles. The molecule has 0 saturated heterocycles. The van der Waals surface area contributed by atoms with Gasteiger partial charge in [-0.3, -0.25) is 0 Å². The highest BCUT2D eigenvalue weighted by molar-refractivity contribution is 9.10. The van der Waals surface area contributed by atoms with Crippen LogP contribution in [0.1, 0.15) is 5.56 Å². The minimum atomic E-state index is -0.362. The van der Waals surface area contributed by atoms with Crippen molar-refractivity contribution in [3.05, 3.63) is 45.3 Å². The summed E-state index contributed by atoms with van der Waals surface area (Å²) < 4.78 is 15.7. The second kappa shape index (κ2) is 4.43. The molecular formula is C10H8BrClFN3. The quantitative estimate of drug-likeness (QED) is 0.926. The van der Waals surface area contributed by atoms with E-state index >= 15 is 0 Å². The Balaban J connectivity index is 2.30. The number of benzene rings is 1. The predicted molar refractivity (Wildman–Crippen MR) is 64.9 cm³/mol. The van der Waals surface area contributed by atoms with Crippen LogP contribution in [0.2, 0.25) is 5.02 Å². The first kappa shape index (κ1) is 11.4. The van der Waals surface area contributed by atoms with Crippen molar-refractivity contribution in [3.8, 4) is 0 Å². The molecule has 0 aliphatic carbocycles. The van der Waals surface area contributed by atoms with E-state index in [1.54, 1.807) is 18.3 Å². The Hall–Kier alpha value is -1.07. The summed E-state index contributed by atoms with van der Waals surface area (Å²) in [4.78, 5) is 0. The third-order valence-electron chi connectivity index (χ3n) is 2.17. The average molecular weight is 305 g/mol. The Morgan fingerprint density at radius 2 is 2.25 bits per heavy atom. The molecule has 2 aromatic rings. The van der Waals surface area contributed by atoms with Gasteiger partial charge in [-0.15, -0.1) is 0 Å². The third kappa shape index (κ3) is 2.20. The lowest BCUT2D eigenvalue weighted by Gasteiger charge is -2.05. The van der Waals surface area contributed by atoms with Crippen LogP contribution in [0.25, 0.3) is 0 Å². The van der Waals surface area contributed by atoms with E-state index in [0.717, 1.165) is 0 Å². The molecule has 84 valence electrons. The van der Waals surface area contributed by atoms with Crippen molar-refractivity contribution in [2.75, 3.05) is 5.73 Å². The molecule has 0 unspecified atom stereocenters. The van der Waals surface area contributed by atoms with Gasteiger partial charge in [0, 0.05) is 10.6 Å². The highest BCUT2D eigenvalue weighted by Crippen LogP contribution is 2.21. The zero-order valence-corrected chi connectivity index (χ0v) is 10.5. The zero-order chi connectivity index (χ0) is 11.7. The summed E-state index contributed by atoms with van der Waals surface area (Å²) in [5, 5.41) is 4.39. The molecule has 0 aliphatic heterocycles. The molecule has 1 aromatic heterocycles.